The van der Waals surface area contributed by atoms with E-state index in [1.54, 1.807) is 11.8 Å². The zero-order chi connectivity index (χ0) is 17.0. The standard InChI is InChI=1S/C18H25NO4/c1-12(2)15-5-4-6-16(11-15)23-13(3)17(20)19-9-7-14(8-10-19)18(21)22/h4-6,11-14H,7-10H2,1-3H3,(H,21,22). The molecule has 5 nitrogen and oxygen atoms in total. The molecule has 0 bridgehead atoms. The monoisotopic (exact) mass is 319 g/mol. The highest BCUT2D eigenvalue weighted by atomic mass is 16.5. The average molecular weight is 319 g/mol. The van der Waals surface area contributed by atoms with E-state index < -0.39 is 12.1 Å². The maximum absolute atomic E-state index is 12.5. The van der Waals surface area contributed by atoms with Crippen molar-refractivity contribution in [2.45, 2.75) is 45.6 Å². The molecule has 1 aliphatic rings. The van der Waals surface area contributed by atoms with E-state index >= 15 is 0 Å². The van der Waals surface area contributed by atoms with Crippen LogP contribution in [-0.2, 0) is 9.59 Å². The average Bonchev–Trinajstić information content (AvgIpc) is 2.54. The van der Waals surface area contributed by atoms with E-state index in [1.807, 2.05) is 24.3 Å². The molecular formula is C18H25NO4. The van der Waals surface area contributed by atoms with Crippen LogP contribution in [0.2, 0.25) is 0 Å². The van der Waals surface area contributed by atoms with Crippen LogP contribution >= 0.6 is 0 Å². The highest BCUT2D eigenvalue weighted by Gasteiger charge is 2.29. The second kappa shape index (κ2) is 7.49. The lowest BCUT2D eigenvalue weighted by Crippen LogP contribution is -2.45. The van der Waals surface area contributed by atoms with Gasteiger partial charge in [-0.15, -0.1) is 0 Å². The molecule has 1 unspecified atom stereocenters. The van der Waals surface area contributed by atoms with Crippen molar-refractivity contribution in [3.05, 3.63) is 29.8 Å². The molecule has 1 heterocycles. The number of carbonyl (C=O) groups is 2. The molecule has 1 saturated heterocycles. The molecule has 0 radical (unpaired) electrons. The Bertz CT molecular complexity index is 562. The Morgan fingerprint density at radius 1 is 1.22 bits per heavy atom. The second-order valence-electron chi connectivity index (χ2n) is 6.43. The van der Waals surface area contributed by atoms with Gasteiger partial charge in [0.15, 0.2) is 6.10 Å². The van der Waals surface area contributed by atoms with Gasteiger partial charge in [-0.1, -0.05) is 26.0 Å². The van der Waals surface area contributed by atoms with Gasteiger partial charge in [0.1, 0.15) is 5.75 Å². The summed E-state index contributed by atoms with van der Waals surface area (Å²) in [5.41, 5.74) is 1.17. The molecule has 1 aromatic rings. The van der Waals surface area contributed by atoms with E-state index in [0.29, 0.717) is 37.6 Å². The number of hydrogen-bond acceptors (Lipinski definition) is 3. The first-order chi connectivity index (χ1) is 10.9. The summed E-state index contributed by atoms with van der Waals surface area (Å²) < 4.78 is 5.79. The van der Waals surface area contributed by atoms with Crippen LogP contribution in [0, 0.1) is 5.92 Å². The van der Waals surface area contributed by atoms with Gasteiger partial charge in [-0.3, -0.25) is 9.59 Å². The van der Waals surface area contributed by atoms with Gasteiger partial charge in [-0.25, -0.2) is 0 Å². The first-order valence-corrected chi connectivity index (χ1v) is 8.16. The van der Waals surface area contributed by atoms with E-state index in [-0.39, 0.29) is 11.8 Å². The van der Waals surface area contributed by atoms with E-state index in [2.05, 4.69) is 13.8 Å². The van der Waals surface area contributed by atoms with Crippen LogP contribution in [0.25, 0.3) is 0 Å². The quantitative estimate of drug-likeness (QED) is 0.906. The van der Waals surface area contributed by atoms with Crippen LogP contribution < -0.4 is 4.74 Å². The number of carboxylic acids is 1. The van der Waals surface area contributed by atoms with Crippen LogP contribution in [0.1, 0.15) is 45.1 Å². The molecule has 1 N–H and O–H groups in total. The Morgan fingerprint density at radius 2 is 1.87 bits per heavy atom. The molecule has 0 aliphatic carbocycles. The van der Waals surface area contributed by atoms with E-state index in [0.717, 1.165) is 0 Å². The Morgan fingerprint density at radius 3 is 2.43 bits per heavy atom. The normalized spacial score (nSPS) is 17.1. The summed E-state index contributed by atoms with van der Waals surface area (Å²) in [7, 11) is 0. The van der Waals surface area contributed by atoms with Gasteiger partial charge in [-0.05, 0) is 43.4 Å². The van der Waals surface area contributed by atoms with E-state index in [4.69, 9.17) is 9.84 Å². The van der Waals surface area contributed by atoms with Gasteiger partial charge >= 0.3 is 5.97 Å². The minimum Gasteiger partial charge on any atom is -0.481 e. The molecule has 0 aromatic heterocycles. The first-order valence-electron chi connectivity index (χ1n) is 8.16. The molecule has 1 aliphatic heterocycles. The number of carbonyl (C=O) groups excluding carboxylic acids is 1. The number of likely N-dealkylation sites (tertiary alicyclic amines) is 1. The highest BCUT2D eigenvalue weighted by Crippen LogP contribution is 2.22. The van der Waals surface area contributed by atoms with Crippen molar-refractivity contribution in [3.63, 3.8) is 0 Å². The molecule has 126 valence electrons. The number of rotatable bonds is 5. The molecule has 2 rings (SSSR count). The molecule has 23 heavy (non-hydrogen) atoms. The first kappa shape index (κ1) is 17.3. The fraction of sp³-hybridized carbons (Fsp3) is 0.556. The molecule has 1 aromatic carbocycles. The summed E-state index contributed by atoms with van der Waals surface area (Å²) in [6, 6.07) is 7.79. The SMILES string of the molecule is CC(Oc1cccc(C(C)C)c1)C(=O)N1CCC(C(=O)O)CC1. The summed E-state index contributed by atoms with van der Waals surface area (Å²) >= 11 is 0. The Balaban J connectivity index is 1.93. The van der Waals surface area contributed by atoms with Crippen molar-refractivity contribution in [2.75, 3.05) is 13.1 Å². The van der Waals surface area contributed by atoms with Gasteiger partial charge in [-0.2, -0.15) is 0 Å². The van der Waals surface area contributed by atoms with Crippen LogP contribution in [0.5, 0.6) is 5.75 Å². The maximum Gasteiger partial charge on any atom is 0.306 e. The molecule has 0 saturated carbocycles. The fourth-order valence-corrected chi connectivity index (χ4v) is 2.81. The summed E-state index contributed by atoms with van der Waals surface area (Å²) in [6.07, 6.45) is 0.451. The number of amides is 1. The molecule has 0 spiro atoms. The lowest BCUT2D eigenvalue weighted by atomic mass is 9.97. The molecule has 1 fully saturated rings. The van der Waals surface area contributed by atoms with E-state index in [9.17, 15) is 9.59 Å². The van der Waals surface area contributed by atoms with Crippen molar-refractivity contribution in [2.24, 2.45) is 5.92 Å². The van der Waals surface area contributed by atoms with Crippen molar-refractivity contribution in [3.8, 4) is 5.75 Å². The Labute approximate surface area is 137 Å². The Hall–Kier alpha value is -2.04. The minimum atomic E-state index is -0.771. The zero-order valence-electron chi connectivity index (χ0n) is 14.0. The predicted octanol–water partition coefficient (Wildman–Crippen LogP) is 2.90. The van der Waals surface area contributed by atoms with Crippen LogP contribution in [0.15, 0.2) is 24.3 Å². The number of carboxylic acid groups (broad SMARTS) is 1. The molecule has 1 atom stereocenters. The molecular weight excluding hydrogens is 294 g/mol. The second-order valence-corrected chi connectivity index (χ2v) is 6.43. The largest absolute Gasteiger partial charge is 0.481 e. The van der Waals surface area contributed by atoms with Crippen LogP contribution in [0.3, 0.4) is 0 Å². The number of ether oxygens (including phenoxy) is 1. The van der Waals surface area contributed by atoms with Crippen molar-refractivity contribution in [1.29, 1.82) is 0 Å². The van der Waals surface area contributed by atoms with Crippen molar-refractivity contribution >= 4 is 11.9 Å². The summed E-state index contributed by atoms with van der Waals surface area (Å²) in [4.78, 5) is 25.1. The Kier molecular flexibility index (Phi) is 5.64. The highest BCUT2D eigenvalue weighted by molar-refractivity contribution is 5.81. The number of piperidine rings is 1. The third kappa shape index (κ3) is 4.47. The fourth-order valence-electron chi connectivity index (χ4n) is 2.81. The summed E-state index contributed by atoms with van der Waals surface area (Å²) in [5.74, 6) is -0.0919. The van der Waals surface area contributed by atoms with E-state index in [1.165, 1.54) is 5.56 Å². The maximum atomic E-state index is 12.5. The summed E-state index contributed by atoms with van der Waals surface area (Å²) in [5, 5.41) is 9.01. The number of hydrogen-bond donors (Lipinski definition) is 1. The third-order valence-corrected chi connectivity index (χ3v) is 4.34. The van der Waals surface area contributed by atoms with Crippen molar-refractivity contribution in [1.82, 2.24) is 4.90 Å². The van der Waals surface area contributed by atoms with Crippen molar-refractivity contribution < 1.29 is 19.4 Å². The summed E-state index contributed by atoms with van der Waals surface area (Å²) in [6.45, 7) is 6.93. The van der Waals surface area contributed by atoms with Gasteiger partial charge in [0, 0.05) is 13.1 Å². The molecule has 5 heteroatoms. The zero-order valence-corrected chi connectivity index (χ0v) is 14.0. The predicted molar refractivity (Wildman–Crippen MR) is 87.6 cm³/mol. The molecule has 1 amide bonds. The van der Waals surface area contributed by atoms with Crippen LogP contribution in [-0.4, -0.2) is 41.1 Å². The number of aliphatic carboxylic acids is 1. The number of nitrogens with zero attached hydrogens (tertiary/aromatic N) is 1. The van der Waals surface area contributed by atoms with Gasteiger partial charge in [0.05, 0.1) is 5.92 Å². The third-order valence-electron chi connectivity index (χ3n) is 4.34. The van der Waals surface area contributed by atoms with Gasteiger partial charge in [0.25, 0.3) is 5.91 Å². The van der Waals surface area contributed by atoms with Gasteiger partial charge < -0.3 is 14.7 Å². The topological polar surface area (TPSA) is 66.8 Å². The smallest absolute Gasteiger partial charge is 0.306 e. The lowest BCUT2D eigenvalue weighted by molar-refractivity contribution is -0.147. The number of benzene rings is 1. The lowest BCUT2D eigenvalue weighted by Gasteiger charge is -2.32. The van der Waals surface area contributed by atoms with Gasteiger partial charge in [0.2, 0.25) is 0 Å². The minimum absolute atomic E-state index is 0.0798. The van der Waals surface area contributed by atoms with Crippen LogP contribution in [0.4, 0.5) is 0 Å².